The lowest BCUT2D eigenvalue weighted by molar-refractivity contribution is 1.07. The summed E-state index contributed by atoms with van der Waals surface area (Å²) in [7, 11) is 0. The van der Waals surface area contributed by atoms with Gasteiger partial charge >= 0.3 is 0 Å². The molecule has 0 fully saturated rings. The molecule has 0 saturated carbocycles. The van der Waals surface area contributed by atoms with E-state index in [0.717, 1.165) is 34.3 Å². The second-order valence-electron chi connectivity index (χ2n) is 3.60. The van der Waals surface area contributed by atoms with Crippen molar-refractivity contribution in [3.63, 3.8) is 0 Å². The van der Waals surface area contributed by atoms with Gasteiger partial charge in [-0.2, -0.15) is 0 Å². The van der Waals surface area contributed by atoms with Gasteiger partial charge in [0.1, 0.15) is 5.04 Å². The van der Waals surface area contributed by atoms with Gasteiger partial charge in [-0.15, -0.1) is 11.8 Å². The van der Waals surface area contributed by atoms with Crippen molar-refractivity contribution in [1.82, 2.24) is 0 Å². The fraction of sp³-hybridized carbons (Fsp3) is 0.231. The molecule has 2 nitrogen and oxygen atoms in total. The molecule has 1 heterocycles. The van der Waals surface area contributed by atoms with Crippen LogP contribution >= 0.6 is 23.4 Å². The van der Waals surface area contributed by atoms with E-state index in [0.29, 0.717) is 0 Å². The fourth-order valence-corrected chi connectivity index (χ4v) is 2.24. The van der Waals surface area contributed by atoms with Gasteiger partial charge in [0, 0.05) is 11.2 Å². The summed E-state index contributed by atoms with van der Waals surface area (Å²) in [5, 5.41) is 1.71. The van der Waals surface area contributed by atoms with Gasteiger partial charge in [0.2, 0.25) is 0 Å². The number of halogens is 1. The Morgan fingerprint density at radius 1 is 1.35 bits per heavy atom. The third-order valence-corrected chi connectivity index (χ3v) is 3.35. The largest absolute Gasteiger partial charge is 0.259 e. The highest BCUT2D eigenvalue weighted by Gasteiger charge is 2.09. The molecule has 1 aromatic carbocycles. The second kappa shape index (κ2) is 6.03. The van der Waals surface area contributed by atoms with Gasteiger partial charge in [-0.05, 0) is 43.4 Å². The summed E-state index contributed by atoms with van der Waals surface area (Å²) < 4.78 is 0. The lowest BCUT2D eigenvalue weighted by Crippen LogP contribution is -2.11. The van der Waals surface area contributed by atoms with Crippen LogP contribution in [0, 0.1) is 0 Å². The SMILES string of the molecule is CSC(=Nc1ccc(Cl)cc1)C1=NC=CCC1. The number of nitrogens with zero attached hydrogens (tertiary/aromatic N) is 2. The highest BCUT2D eigenvalue weighted by molar-refractivity contribution is 8.15. The van der Waals surface area contributed by atoms with Crippen LogP contribution < -0.4 is 0 Å². The summed E-state index contributed by atoms with van der Waals surface area (Å²) in [4.78, 5) is 8.97. The monoisotopic (exact) mass is 264 g/mol. The summed E-state index contributed by atoms with van der Waals surface area (Å²) >= 11 is 7.47. The summed E-state index contributed by atoms with van der Waals surface area (Å²) in [5.41, 5.74) is 1.98. The van der Waals surface area contributed by atoms with Gasteiger partial charge < -0.3 is 0 Å². The van der Waals surface area contributed by atoms with Crippen molar-refractivity contribution in [1.29, 1.82) is 0 Å². The van der Waals surface area contributed by atoms with Crippen LogP contribution in [0.4, 0.5) is 5.69 Å². The lowest BCUT2D eigenvalue weighted by Gasteiger charge is -2.08. The summed E-state index contributed by atoms with van der Waals surface area (Å²) in [6, 6.07) is 7.53. The van der Waals surface area contributed by atoms with Crippen molar-refractivity contribution in [2.75, 3.05) is 6.26 Å². The zero-order chi connectivity index (χ0) is 12.1. The van der Waals surface area contributed by atoms with E-state index in [1.165, 1.54) is 0 Å². The van der Waals surface area contributed by atoms with E-state index < -0.39 is 0 Å². The maximum Gasteiger partial charge on any atom is 0.118 e. The molecule has 4 heteroatoms. The molecule has 0 atom stereocenters. The Bertz CT molecular complexity index is 475. The first-order valence-corrected chi connectivity index (χ1v) is 7.00. The summed E-state index contributed by atoms with van der Waals surface area (Å²) in [6.07, 6.45) is 7.95. The molecule has 1 aliphatic rings. The predicted octanol–water partition coefficient (Wildman–Crippen LogP) is 4.48. The zero-order valence-electron chi connectivity index (χ0n) is 9.56. The van der Waals surface area contributed by atoms with Crippen molar-refractivity contribution in [2.45, 2.75) is 12.8 Å². The van der Waals surface area contributed by atoms with Crippen molar-refractivity contribution < 1.29 is 0 Å². The number of allylic oxidation sites excluding steroid dienone is 1. The molecule has 0 aromatic heterocycles. The average molecular weight is 265 g/mol. The molecule has 0 unspecified atom stereocenters. The maximum absolute atomic E-state index is 5.84. The fourth-order valence-electron chi connectivity index (χ4n) is 1.52. The third kappa shape index (κ3) is 3.45. The van der Waals surface area contributed by atoms with Gasteiger partial charge in [0.15, 0.2) is 0 Å². The standard InChI is InChI=1S/C13H13ClN2S/c1-17-13(12-4-2-3-9-15-12)16-11-7-5-10(14)6-8-11/h3,5-9H,2,4H2,1H3. The Balaban J connectivity index is 2.25. The van der Waals surface area contributed by atoms with Crippen molar-refractivity contribution in [2.24, 2.45) is 9.98 Å². The molecule has 0 saturated heterocycles. The first-order chi connectivity index (χ1) is 8.29. The number of hydrogen-bond donors (Lipinski definition) is 0. The summed E-state index contributed by atoms with van der Waals surface area (Å²) in [6.45, 7) is 0. The number of hydrogen-bond acceptors (Lipinski definition) is 3. The molecule has 0 radical (unpaired) electrons. The van der Waals surface area contributed by atoms with E-state index in [-0.39, 0.29) is 0 Å². The van der Waals surface area contributed by atoms with Crippen molar-refractivity contribution in [3.05, 3.63) is 41.6 Å². The van der Waals surface area contributed by atoms with E-state index in [1.54, 1.807) is 11.8 Å². The molecular formula is C13H13ClN2S. The van der Waals surface area contributed by atoms with E-state index in [2.05, 4.69) is 16.1 Å². The topological polar surface area (TPSA) is 24.7 Å². The van der Waals surface area contributed by atoms with Crippen LogP contribution in [0.15, 0.2) is 46.5 Å². The molecular weight excluding hydrogens is 252 g/mol. The van der Waals surface area contributed by atoms with Gasteiger partial charge in [-0.3, -0.25) is 4.99 Å². The van der Waals surface area contributed by atoms with Gasteiger partial charge in [-0.1, -0.05) is 17.7 Å². The zero-order valence-corrected chi connectivity index (χ0v) is 11.1. The van der Waals surface area contributed by atoms with Gasteiger partial charge in [-0.25, -0.2) is 4.99 Å². The second-order valence-corrected chi connectivity index (χ2v) is 4.83. The highest BCUT2D eigenvalue weighted by atomic mass is 35.5. The third-order valence-electron chi connectivity index (χ3n) is 2.38. The quantitative estimate of drug-likeness (QED) is 0.571. The van der Waals surface area contributed by atoms with Crippen LogP contribution in [0.3, 0.4) is 0 Å². The highest BCUT2D eigenvalue weighted by Crippen LogP contribution is 2.20. The van der Waals surface area contributed by atoms with Crippen molar-refractivity contribution >= 4 is 39.8 Å². The number of benzene rings is 1. The Kier molecular flexibility index (Phi) is 4.40. The van der Waals surface area contributed by atoms with E-state index in [4.69, 9.17) is 11.6 Å². The Labute approximate surface area is 111 Å². The molecule has 2 rings (SSSR count). The predicted molar refractivity (Wildman–Crippen MR) is 77.9 cm³/mol. The Hall–Kier alpha value is -1.06. The van der Waals surface area contributed by atoms with Crippen LogP contribution in [0.1, 0.15) is 12.8 Å². The maximum atomic E-state index is 5.84. The molecule has 1 aliphatic heterocycles. The number of rotatable bonds is 2. The first-order valence-electron chi connectivity index (χ1n) is 5.40. The van der Waals surface area contributed by atoms with Gasteiger partial charge in [0.05, 0.1) is 11.4 Å². The van der Waals surface area contributed by atoms with Crippen LogP contribution in [-0.4, -0.2) is 17.0 Å². The molecule has 0 amide bonds. The van der Waals surface area contributed by atoms with E-state index >= 15 is 0 Å². The van der Waals surface area contributed by atoms with Crippen LogP contribution in [0.5, 0.6) is 0 Å². The molecule has 0 N–H and O–H groups in total. The molecule has 0 aliphatic carbocycles. The van der Waals surface area contributed by atoms with E-state index in [9.17, 15) is 0 Å². The van der Waals surface area contributed by atoms with Crippen LogP contribution in [0.25, 0.3) is 0 Å². The summed E-state index contributed by atoms with van der Waals surface area (Å²) in [5.74, 6) is 0. The minimum absolute atomic E-state index is 0.729. The molecule has 17 heavy (non-hydrogen) atoms. The van der Waals surface area contributed by atoms with Gasteiger partial charge in [0.25, 0.3) is 0 Å². The minimum atomic E-state index is 0.729. The Morgan fingerprint density at radius 3 is 2.71 bits per heavy atom. The van der Waals surface area contributed by atoms with Crippen molar-refractivity contribution in [3.8, 4) is 0 Å². The smallest absolute Gasteiger partial charge is 0.118 e. The normalized spacial score (nSPS) is 15.9. The van der Waals surface area contributed by atoms with E-state index in [1.807, 2.05) is 36.7 Å². The lowest BCUT2D eigenvalue weighted by atomic mass is 10.2. The minimum Gasteiger partial charge on any atom is -0.259 e. The van der Waals surface area contributed by atoms with Crippen LogP contribution in [0.2, 0.25) is 5.02 Å². The molecule has 88 valence electrons. The molecule has 0 spiro atoms. The average Bonchev–Trinajstić information content (AvgIpc) is 2.39. The number of aliphatic imine (C=N–C) groups is 2. The number of thioether (sulfide) groups is 1. The molecule has 0 bridgehead atoms. The first kappa shape index (κ1) is 12.4. The van der Waals surface area contributed by atoms with Crippen LogP contribution in [-0.2, 0) is 0 Å². The Morgan fingerprint density at radius 2 is 2.12 bits per heavy atom. The molecule has 1 aromatic rings.